The van der Waals surface area contributed by atoms with Crippen molar-refractivity contribution < 1.29 is 4.79 Å². The van der Waals surface area contributed by atoms with E-state index >= 15 is 0 Å². The van der Waals surface area contributed by atoms with E-state index in [1.165, 1.54) is 0 Å². The number of para-hydroxylation sites is 1. The number of hydrogen-bond acceptors (Lipinski definition) is 4. The van der Waals surface area contributed by atoms with Crippen molar-refractivity contribution in [3.8, 4) is 0 Å². The topological polar surface area (TPSA) is 72.1 Å². The van der Waals surface area contributed by atoms with E-state index in [9.17, 15) is 4.79 Å². The van der Waals surface area contributed by atoms with Crippen LogP contribution in [0.25, 0.3) is 11.0 Å². The van der Waals surface area contributed by atoms with Gasteiger partial charge in [-0.05, 0) is 18.6 Å². The summed E-state index contributed by atoms with van der Waals surface area (Å²) < 4.78 is 0. The van der Waals surface area contributed by atoms with E-state index in [2.05, 4.69) is 9.97 Å². The molecule has 0 bridgehead atoms. The average molecular weight is 288 g/mol. The van der Waals surface area contributed by atoms with E-state index in [-0.39, 0.29) is 12.5 Å². The van der Waals surface area contributed by atoms with Crippen LogP contribution in [0.1, 0.15) is 23.7 Å². The Morgan fingerprint density at radius 2 is 2.10 bits per heavy atom. The number of aromatic nitrogens is 2. The second-order valence-corrected chi connectivity index (χ2v) is 4.95. The highest BCUT2D eigenvalue weighted by Crippen LogP contribution is 2.16. The van der Waals surface area contributed by atoms with Crippen LogP contribution in [0.5, 0.6) is 0 Å². The van der Waals surface area contributed by atoms with Crippen molar-refractivity contribution >= 4 is 34.1 Å². The lowest BCUT2D eigenvalue weighted by Gasteiger charge is -2.21. The van der Waals surface area contributed by atoms with E-state index in [0.29, 0.717) is 28.1 Å². The van der Waals surface area contributed by atoms with Crippen LogP contribution in [0.4, 0.5) is 0 Å². The summed E-state index contributed by atoms with van der Waals surface area (Å²) in [5.74, 6) is -0.120. The maximum Gasteiger partial charge on any atom is 0.256 e. The van der Waals surface area contributed by atoms with Gasteiger partial charge in [-0.1, -0.05) is 25.2 Å². The lowest BCUT2D eigenvalue weighted by atomic mass is 10.1. The summed E-state index contributed by atoms with van der Waals surface area (Å²) in [7, 11) is 0. The quantitative estimate of drug-likeness (QED) is 0.849. The number of hydrogen-bond donors (Lipinski definition) is 1. The first-order valence-corrected chi connectivity index (χ1v) is 6.81. The second kappa shape index (κ2) is 6.38. The molecule has 2 N–H and O–H groups in total. The zero-order valence-corrected chi connectivity index (χ0v) is 12.1. The number of amides is 1. The summed E-state index contributed by atoms with van der Waals surface area (Å²) >= 11 is 4.91. The van der Waals surface area contributed by atoms with Crippen molar-refractivity contribution in [3.05, 3.63) is 36.2 Å². The molecule has 2 rings (SSSR count). The molecule has 1 aromatic heterocycles. The number of fused-ring (bicyclic) bond motifs is 1. The van der Waals surface area contributed by atoms with Gasteiger partial charge in [0.15, 0.2) is 0 Å². The Hall–Kier alpha value is -2.08. The summed E-state index contributed by atoms with van der Waals surface area (Å²) in [6.07, 6.45) is 4.02. The minimum atomic E-state index is -0.120. The molecular weight excluding hydrogens is 272 g/mol. The van der Waals surface area contributed by atoms with Crippen molar-refractivity contribution in [2.24, 2.45) is 5.73 Å². The molecule has 0 spiro atoms. The van der Waals surface area contributed by atoms with E-state index in [1.54, 1.807) is 29.4 Å². The zero-order valence-electron chi connectivity index (χ0n) is 11.2. The molecular formula is C14H16N4OS. The van der Waals surface area contributed by atoms with Crippen LogP contribution in [-0.4, -0.2) is 38.9 Å². The molecule has 0 aliphatic carbocycles. The number of benzene rings is 1. The first kappa shape index (κ1) is 14.3. The van der Waals surface area contributed by atoms with E-state index in [0.717, 1.165) is 6.42 Å². The lowest BCUT2D eigenvalue weighted by Crippen LogP contribution is -2.38. The van der Waals surface area contributed by atoms with Crippen LogP contribution in [0.15, 0.2) is 30.6 Å². The highest BCUT2D eigenvalue weighted by atomic mass is 32.1. The summed E-state index contributed by atoms with van der Waals surface area (Å²) in [5, 5.41) is 0. The molecule has 20 heavy (non-hydrogen) atoms. The Morgan fingerprint density at radius 1 is 1.35 bits per heavy atom. The van der Waals surface area contributed by atoms with Gasteiger partial charge in [0.25, 0.3) is 5.91 Å². The molecule has 0 unspecified atom stereocenters. The SMILES string of the molecule is CCCN(CC(N)=S)C(=O)c1cccc2nccnc12. The number of nitrogens with zero attached hydrogens (tertiary/aromatic N) is 3. The van der Waals surface area contributed by atoms with Crippen LogP contribution in [0, 0.1) is 0 Å². The van der Waals surface area contributed by atoms with Crippen molar-refractivity contribution in [1.29, 1.82) is 0 Å². The molecule has 1 amide bonds. The number of nitrogens with two attached hydrogens (primary N) is 1. The van der Waals surface area contributed by atoms with Gasteiger partial charge >= 0.3 is 0 Å². The first-order chi connectivity index (χ1) is 9.63. The van der Waals surface area contributed by atoms with Crippen molar-refractivity contribution in [2.45, 2.75) is 13.3 Å². The van der Waals surface area contributed by atoms with Gasteiger partial charge in [0.2, 0.25) is 0 Å². The highest BCUT2D eigenvalue weighted by Gasteiger charge is 2.18. The normalized spacial score (nSPS) is 10.4. The molecule has 2 aromatic rings. The molecule has 0 atom stereocenters. The first-order valence-electron chi connectivity index (χ1n) is 6.40. The third kappa shape index (κ3) is 3.08. The standard InChI is InChI=1S/C14H16N4OS/c1-2-8-18(9-12(15)20)14(19)10-4-3-5-11-13(10)17-7-6-16-11/h3-7H,2,8-9H2,1H3,(H2,15,20). The minimum Gasteiger partial charge on any atom is -0.392 e. The number of carbonyl (C=O) groups excluding carboxylic acids is 1. The van der Waals surface area contributed by atoms with Crippen LogP contribution >= 0.6 is 12.2 Å². The maximum atomic E-state index is 12.6. The molecule has 0 radical (unpaired) electrons. The molecule has 6 heteroatoms. The third-order valence-electron chi connectivity index (χ3n) is 2.86. The number of carbonyl (C=O) groups is 1. The van der Waals surface area contributed by atoms with E-state index < -0.39 is 0 Å². The Kier molecular flexibility index (Phi) is 4.57. The van der Waals surface area contributed by atoms with Gasteiger partial charge in [0, 0.05) is 18.9 Å². The largest absolute Gasteiger partial charge is 0.392 e. The van der Waals surface area contributed by atoms with Gasteiger partial charge in [0.05, 0.1) is 22.6 Å². The zero-order chi connectivity index (χ0) is 14.5. The molecule has 0 aliphatic rings. The Labute approximate surface area is 122 Å². The van der Waals surface area contributed by atoms with Gasteiger partial charge in [-0.15, -0.1) is 0 Å². The average Bonchev–Trinajstić information content (AvgIpc) is 2.45. The molecule has 0 aliphatic heterocycles. The monoisotopic (exact) mass is 288 g/mol. The summed E-state index contributed by atoms with van der Waals surface area (Å²) in [4.78, 5) is 23.0. The fourth-order valence-corrected chi connectivity index (χ4v) is 2.20. The maximum absolute atomic E-state index is 12.6. The van der Waals surface area contributed by atoms with Gasteiger partial charge in [-0.25, -0.2) is 0 Å². The fourth-order valence-electron chi connectivity index (χ4n) is 2.05. The fraction of sp³-hybridized carbons (Fsp3) is 0.286. The summed E-state index contributed by atoms with van der Waals surface area (Å²) in [6, 6.07) is 5.38. The summed E-state index contributed by atoms with van der Waals surface area (Å²) in [5.41, 5.74) is 7.39. The van der Waals surface area contributed by atoms with Crippen molar-refractivity contribution in [1.82, 2.24) is 14.9 Å². The van der Waals surface area contributed by atoms with E-state index in [4.69, 9.17) is 18.0 Å². The Balaban J connectivity index is 2.40. The van der Waals surface area contributed by atoms with Crippen LogP contribution < -0.4 is 5.73 Å². The summed E-state index contributed by atoms with van der Waals surface area (Å²) in [6.45, 7) is 2.88. The molecule has 0 fully saturated rings. The molecule has 0 saturated heterocycles. The lowest BCUT2D eigenvalue weighted by molar-refractivity contribution is 0.0781. The van der Waals surface area contributed by atoms with Gasteiger partial charge in [0.1, 0.15) is 5.52 Å². The van der Waals surface area contributed by atoms with E-state index in [1.807, 2.05) is 13.0 Å². The predicted molar refractivity (Wildman–Crippen MR) is 82.5 cm³/mol. The molecule has 1 heterocycles. The van der Waals surface area contributed by atoms with Crippen LogP contribution in [0.3, 0.4) is 0 Å². The number of rotatable bonds is 5. The molecule has 0 saturated carbocycles. The van der Waals surface area contributed by atoms with Crippen molar-refractivity contribution in [3.63, 3.8) is 0 Å². The van der Waals surface area contributed by atoms with Gasteiger partial charge in [-0.2, -0.15) is 0 Å². The Morgan fingerprint density at radius 3 is 2.80 bits per heavy atom. The minimum absolute atomic E-state index is 0.120. The third-order valence-corrected chi connectivity index (χ3v) is 2.99. The van der Waals surface area contributed by atoms with Crippen LogP contribution in [0.2, 0.25) is 0 Å². The number of thiocarbonyl (C=S) groups is 1. The predicted octanol–water partition coefficient (Wildman–Crippen LogP) is 1.77. The Bertz CT molecular complexity index is 639. The smallest absolute Gasteiger partial charge is 0.256 e. The molecule has 1 aromatic carbocycles. The molecule has 104 valence electrons. The van der Waals surface area contributed by atoms with Crippen molar-refractivity contribution in [2.75, 3.05) is 13.1 Å². The van der Waals surface area contributed by atoms with Gasteiger partial charge < -0.3 is 10.6 Å². The molecule has 5 nitrogen and oxygen atoms in total. The highest BCUT2D eigenvalue weighted by molar-refractivity contribution is 7.80. The van der Waals surface area contributed by atoms with Crippen LogP contribution in [-0.2, 0) is 0 Å². The van der Waals surface area contributed by atoms with Gasteiger partial charge in [-0.3, -0.25) is 14.8 Å². The second-order valence-electron chi connectivity index (χ2n) is 4.42.